The van der Waals surface area contributed by atoms with E-state index in [1.54, 1.807) is 0 Å². The molecule has 0 fully saturated rings. The number of hydrogen-bond acceptors (Lipinski definition) is 4. The van der Waals surface area contributed by atoms with E-state index in [-0.39, 0.29) is 25.8 Å². The number of carbonyl (C=O) groups excluding carboxylic acids is 1. The van der Waals surface area contributed by atoms with Crippen LogP contribution in [0.15, 0.2) is 27.8 Å². The van der Waals surface area contributed by atoms with E-state index in [0.29, 0.717) is 5.75 Å². The highest BCUT2D eigenvalue weighted by Gasteiger charge is 2.35. The summed E-state index contributed by atoms with van der Waals surface area (Å²) < 4.78 is 53.6. The second kappa shape index (κ2) is 8.52. The largest absolute Gasteiger partial charge is 0.431 e. The number of benzene rings is 1. The van der Waals surface area contributed by atoms with E-state index in [9.17, 15) is 31.9 Å². The number of aromatic nitrogens is 2. The van der Waals surface area contributed by atoms with Gasteiger partial charge < -0.3 is 0 Å². The molecule has 0 amide bonds. The third kappa shape index (κ3) is 4.49. The molecule has 0 spiro atoms. The lowest BCUT2D eigenvalue weighted by molar-refractivity contribution is -0.144. The monoisotopic (exact) mass is 438 g/mol. The van der Waals surface area contributed by atoms with Gasteiger partial charge in [-0.25, -0.2) is 13.8 Å². The van der Waals surface area contributed by atoms with Crippen molar-refractivity contribution in [3.8, 4) is 5.69 Å². The van der Waals surface area contributed by atoms with Crippen molar-refractivity contribution in [1.29, 1.82) is 0 Å². The van der Waals surface area contributed by atoms with Crippen LogP contribution in [0.4, 0.5) is 17.6 Å². The molecule has 11 heteroatoms. The molecule has 0 atom stereocenters. The van der Waals surface area contributed by atoms with Gasteiger partial charge in [-0.15, -0.1) is 0 Å². The van der Waals surface area contributed by atoms with Crippen LogP contribution < -0.4 is 11.2 Å². The smallest absolute Gasteiger partial charge is 0.292 e. The first-order chi connectivity index (χ1) is 13.0. The number of rotatable bonds is 5. The minimum absolute atomic E-state index is 0.145. The van der Waals surface area contributed by atoms with Crippen molar-refractivity contribution in [3.05, 3.63) is 61.1 Å². The number of halogens is 5. The second-order valence-electron chi connectivity index (χ2n) is 5.82. The van der Waals surface area contributed by atoms with E-state index in [2.05, 4.69) is 0 Å². The predicted molar refractivity (Wildman–Crippen MR) is 98.9 cm³/mol. The summed E-state index contributed by atoms with van der Waals surface area (Å²) in [6.45, 7) is 1.93. The van der Waals surface area contributed by atoms with E-state index in [1.807, 2.05) is 6.92 Å². The van der Waals surface area contributed by atoms with Gasteiger partial charge in [-0.2, -0.15) is 13.2 Å². The van der Waals surface area contributed by atoms with Crippen LogP contribution in [0, 0.1) is 5.82 Å². The van der Waals surface area contributed by atoms with Crippen LogP contribution in [0.3, 0.4) is 0 Å². The van der Waals surface area contributed by atoms with Gasteiger partial charge in [0.05, 0.1) is 10.7 Å². The normalized spacial score (nSPS) is 11.7. The Labute approximate surface area is 165 Å². The lowest BCUT2D eigenvalue weighted by Gasteiger charge is -2.15. The fourth-order valence-electron chi connectivity index (χ4n) is 2.37. The Bertz CT molecular complexity index is 1030. The van der Waals surface area contributed by atoms with Crippen molar-refractivity contribution >= 4 is 28.5 Å². The highest BCUT2D eigenvalue weighted by Crippen LogP contribution is 2.28. The number of carbonyl (C=O) groups is 1. The van der Waals surface area contributed by atoms with Crippen molar-refractivity contribution in [3.63, 3.8) is 0 Å². The molecule has 0 radical (unpaired) electrons. The number of thioether (sulfide) groups is 1. The Morgan fingerprint density at radius 3 is 2.43 bits per heavy atom. The molecule has 0 unspecified atom stereocenters. The Morgan fingerprint density at radius 2 is 1.86 bits per heavy atom. The zero-order chi connectivity index (χ0) is 21.2. The van der Waals surface area contributed by atoms with Gasteiger partial charge in [-0.05, 0) is 18.6 Å². The molecule has 0 N–H and O–H groups in total. The summed E-state index contributed by atoms with van der Waals surface area (Å²) >= 11 is 6.83. The molecule has 152 valence electrons. The van der Waals surface area contributed by atoms with Crippen LogP contribution >= 0.6 is 23.4 Å². The minimum Gasteiger partial charge on any atom is -0.292 e. The molecule has 1 aromatic heterocycles. The average molecular weight is 439 g/mol. The van der Waals surface area contributed by atoms with Crippen LogP contribution in [0.2, 0.25) is 5.02 Å². The number of hydrogen-bond donors (Lipinski definition) is 0. The van der Waals surface area contributed by atoms with Gasteiger partial charge in [0, 0.05) is 24.4 Å². The van der Waals surface area contributed by atoms with Crippen molar-refractivity contribution < 1.29 is 22.4 Å². The quantitative estimate of drug-likeness (QED) is 0.522. The average Bonchev–Trinajstić information content (AvgIpc) is 2.59. The SMILES string of the molecule is CCCCSC(=O)c1cc(-n2c(=O)cc(C(F)(F)F)n(C)c2=O)c(F)cc1Cl. The van der Waals surface area contributed by atoms with Gasteiger partial charge in [0.25, 0.3) is 5.56 Å². The molecule has 28 heavy (non-hydrogen) atoms. The summed E-state index contributed by atoms with van der Waals surface area (Å²) in [6.07, 6.45) is -3.34. The van der Waals surface area contributed by atoms with Crippen molar-refractivity contribution in [2.45, 2.75) is 25.9 Å². The van der Waals surface area contributed by atoms with E-state index in [1.165, 1.54) is 0 Å². The van der Waals surface area contributed by atoms with Crippen LogP contribution in [0.5, 0.6) is 0 Å². The van der Waals surface area contributed by atoms with E-state index >= 15 is 0 Å². The summed E-state index contributed by atoms with van der Waals surface area (Å²) in [5.74, 6) is -0.639. The van der Waals surface area contributed by atoms with Gasteiger partial charge in [0.15, 0.2) is 0 Å². The molecule has 0 saturated heterocycles. The van der Waals surface area contributed by atoms with Crippen LogP contribution in [-0.2, 0) is 13.2 Å². The molecular weight excluding hydrogens is 424 g/mol. The van der Waals surface area contributed by atoms with E-state index < -0.39 is 39.7 Å². The standard InChI is InChI=1S/C17H15ClF4N2O3S/c1-3-4-5-28-15(26)9-6-12(11(19)7-10(9)18)24-14(25)8-13(17(20,21)22)23(2)16(24)27/h6-8H,3-5H2,1-2H3. The van der Waals surface area contributed by atoms with Gasteiger partial charge in [-0.3, -0.25) is 14.2 Å². The van der Waals surface area contributed by atoms with Crippen LogP contribution in [-0.4, -0.2) is 20.0 Å². The third-order valence-electron chi connectivity index (χ3n) is 3.84. The topological polar surface area (TPSA) is 61.1 Å². The summed E-state index contributed by atoms with van der Waals surface area (Å²) in [7, 11) is 0.807. The number of alkyl halides is 3. The Hall–Kier alpha value is -2.07. The Balaban J connectivity index is 2.65. The van der Waals surface area contributed by atoms with Gasteiger partial charge in [0.2, 0.25) is 5.12 Å². The first kappa shape index (κ1) is 22.2. The maximum atomic E-state index is 14.4. The molecule has 5 nitrogen and oxygen atoms in total. The molecule has 1 aromatic carbocycles. The summed E-state index contributed by atoms with van der Waals surface area (Å²) in [5, 5.41) is -0.733. The molecule has 1 heterocycles. The lowest BCUT2D eigenvalue weighted by atomic mass is 10.2. The fourth-order valence-corrected chi connectivity index (χ4v) is 3.61. The maximum absolute atomic E-state index is 14.4. The molecule has 0 bridgehead atoms. The fraction of sp³-hybridized carbons (Fsp3) is 0.353. The zero-order valence-electron chi connectivity index (χ0n) is 14.8. The first-order valence-corrected chi connectivity index (χ1v) is 9.42. The van der Waals surface area contributed by atoms with Crippen molar-refractivity contribution in [2.24, 2.45) is 7.05 Å². The summed E-state index contributed by atoms with van der Waals surface area (Å²) in [5.41, 5.74) is -5.05. The van der Waals surface area contributed by atoms with E-state index in [0.717, 1.165) is 43.8 Å². The first-order valence-electron chi connectivity index (χ1n) is 8.05. The summed E-state index contributed by atoms with van der Waals surface area (Å²) in [6, 6.07) is 1.83. The summed E-state index contributed by atoms with van der Waals surface area (Å²) in [4.78, 5) is 36.8. The van der Waals surface area contributed by atoms with Gasteiger partial charge in [-0.1, -0.05) is 36.7 Å². The van der Waals surface area contributed by atoms with Crippen molar-refractivity contribution in [2.75, 3.05) is 5.75 Å². The van der Waals surface area contributed by atoms with E-state index in [4.69, 9.17) is 11.6 Å². The molecular formula is C17H15ClF4N2O3S. The van der Waals surface area contributed by atoms with Gasteiger partial charge in [0.1, 0.15) is 11.5 Å². The number of nitrogens with zero attached hydrogens (tertiary/aromatic N) is 2. The Morgan fingerprint density at radius 1 is 1.21 bits per heavy atom. The molecule has 0 aliphatic carbocycles. The molecule has 0 aliphatic rings. The molecule has 0 aliphatic heterocycles. The molecule has 2 aromatic rings. The highest BCUT2D eigenvalue weighted by molar-refractivity contribution is 8.14. The van der Waals surface area contributed by atoms with Crippen LogP contribution in [0.1, 0.15) is 35.8 Å². The van der Waals surface area contributed by atoms with Gasteiger partial charge >= 0.3 is 11.9 Å². The predicted octanol–water partition coefficient (Wildman–Crippen LogP) is 4.02. The number of unbranched alkanes of at least 4 members (excludes halogenated alkanes) is 1. The second-order valence-corrected chi connectivity index (χ2v) is 7.29. The van der Waals surface area contributed by atoms with Crippen LogP contribution in [0.25, 0.3) is 5.69 Å². The maximum Gasteiger partial charge on any atom is 0.431 e. The zero-order valence-corrected chi connectivity index (χ0v) is 16.3. The molecule has 0 saturated carbocycles. The highest BCUT2D eigenvalue weighted by atomic mass is 35.5. The molecule has 2 rings (SSSR count). The minimum atomic E-state index is -4.94. The van der Waals surface area contributed by atoms with Crippen molar-refractivity contribution in [1.82, 2.24) is 9.13 Å². The Kier molecular flexibility index (Phi) is 6.76. The third-order valence-corrected chi connectivity index (χ3v) is 5.13. The lowest BCUT2D eigenvalue weighted by Crippen LogP contribution is -2.41.